The minimum Gasteiger partial charge on any atom is -0.347 e. The third-order valence-corrected chi connectivity index (χ3v) is 2.16. The summed E-state index contributed by atoms with van der Waals surface area (Å²) in [6, 6.07) is -0.388. The lowest BCUT2D eigenvalue weighted by Crippen LogP contribution is -2.46. The van der Waals surface area contributed by atoms with Gasteiger partial charge in [0.05, 0.1) is 23.8 Å². The molecule has 0 saturated heterocycles. The van der Waals surface area contributed by atoms with E-state index >= 15 is 0 Å². The number of carbonyl (C=O) groups is 1. The summed E-state index contributed by atoms with van der Waals surface area (Å²) in [5.41, 5.74) is 3.50. The Hall–Kier alpha value is -1.40. The van der Waals surface area contributed by atoms with E-state index in [4.69, 9.17) is 5.21 Å². The number of rotatable bonds is 1. The number of hydrogen-bond acceptors (Lipinski definition) is 4. The van der Waals surface area contributed by atoms with Crippen LogP contribution in [0.5, 0.6) is 0 Å². The average Bonchev–Trinajstić information content (AvgIpc) is 2.63. The van der Waals surface area contributed by atoms with Crippen molar-refractivity contribution in [2.24, 2.45) is 0 Å². The van der Waals surface area contributed by atoms with Gasteiger partial charge in [-0.25, -0.2) is 10.5 Å². The van der Waals surface area contributed by atoms with Crippen molar-refractivity contribution in [2.45, 2.75) is 19.0 Å². The maximum atomic E-state index is 11.0. The number of aromatic nitrogens is 2. The van der Waals surface area contributed by atoms with Gasteiger partial charge in [-0.3, -0.25) is 15.3 Å². The smallest absolute Gasteiger partial charge is 0.260 e. The molecule has 0 aromatic carbocycles. The number of nitrogens with one attached hydrogen (secondary N) is 3. The summed E-state index contributed by atoms with van der Waals surface area (Å²) in [7, 11) is 0. The number of carbonyl (C=O) groups excluding carboxylic acids is 1. The number of hydrogen-bond donors (Lipinski definition) is 4. The van der Waals surface area contributed by atoms with Crippen molar-refractivity contribution < 1.29 is 10.0 Å². The molecule has 13 heavy (non-hydrogen) atoms. The fourth-order valence-corrected chi connectivity index (χ4v) is 1.43. The van der Waals surface area contributed by atoms with Crippen LogP contribution in [0.25, 0.3) is 0 Å². The van der Waals surface area contributed by atoms with Crippen LogP contribution in [0.2, 0.25) is 0 Å². The minimum atomic E-state index is -0.423. The van der Waals surface area contributed by atoms with Gasteiger partial charge in [-0.05, 0) is 0 Å². The highest BCUT2D eigenvalue weighted by molar-refractivity contribution is 5.81. The molecule has 0 saturated carbocycles. The summed E-state index contributed by atoms with van der Waals surface area (Å²) >= 11 is 0. The van der Waals surface area contributed by atoms with Crippen LogP contribution in [-0.4, -0.2) is 27.1 Å². The number of fused-ring (bicyclic) bond motifs is 1. The second-order valence-corrected chi connectivity index (χ2v) is 2.94. The molecule has 70 valence electrons. The van der Waals surface area contributed by atoms with Gasteiger partial charge in [0.15, 0.2) is 0 Å². The van der Waals surface area contributed by atoms with Gasteiger partial charge in [-0.1, -0.05) is 0 Å². The predicted molar refractivity (Wildman–Crippen MR) is 42.8 cm³/mol. The molecule has 1 amide bonds. The van der Waals surface area contributed by atoms with Gasteiger partial charge in [-0.15, -0.1) is 0 Å². The van der Waals surface area contributed by atoms with Gasteiger partial charge in [-0.2, -0.15) is 0 Å². The Labute approximate surface area is 74.3 Å². The molecule has 0 spiro atoms. The molecule has 1 aliphatic rings. The van der Waals surface area contributed by atoms with Crippen molar-refractivity contribution in [3.63, 3.8) is 0 Å². The summed E-state index contributed by atoms with van der Waals surface area (Å²) in [5.74, 6) is -0.423. The molecule has 1 aliphatic heterocycles. The lowest BCUT2D eigenvalue weighted by Gasteiger charge is -2.20. The summed E-state index contributed by atoms with van der Waals surface area (Å²) in [6.45, 7) is 0.577. The third kappa shape index (κ3) is 1.41. The Kier molecular flexibility index (Phi) is 1.99. The molecule has 0 aliphatic carbocycles. The van der Waals surface area contributed by atoms with E-state index in [1.807, 2.05) is 0 Å². The molecule has 1 aromatic rings. The fourth-order valence-electron chi connectivity index (χ4n) is 1.43. The van der Waals surface area contributed by atoms with Gasteiger partial charge >= 0.3 is 0 Å². The first-order chi connectivity index (χ1) is 6.31. The van der Waals surface area contributed by atoms with Crippen molar-refractivity contribution in [2.75, 3.05) is 0 Å². The van der Waals surface area contributed by atoms with E-state index in [1.54, 1.807) is 11.8 Å². The molecule has 2 rings (SSSR count). The maximum Gasteiger partial charge on any atom is 0.260 e. The third-order valence-electron chi connectivity index (χ3n) is 2.16. The Morgan fingerprint density at radius 1 is 1.77 bits per heavy atom. The highest BCUT2D eigenvalue weighted by atomic mass is 16.5. The largest absolute Gasteiger partial charge is 0.347 e. The van der Waals surface area contributed by atoms with Crippen LogP contribution in [0.15, 0.2) is 6.33 Å². The Morgan fingerprint density at radius 2 is 2.62 bits per heavy atom. The molecular weight excluding hydrogens is 172 g/mol. The molecule has 1 unspecified atom stereocenters. The molecule has 0 radical (unpaired) electrons. The molecule has 1 aromatic heterocycles. The molecule has 6 nitrogen and oxygen atoms in total. The quantitative estimate of drug-likeness (QED) is 0.329. The van der Waals surface area contributed by atoms with Crippen LogP contribution >= 0.6 is 0 Å². The average molecular weight is 182 g/mol. The van der Waals surface area contributed by atoms with Gasteiger partial charge in [0.1, 0.15) is 0 Å². The zero-order chi connectivity index (χ0) is 9.26. The second kappa shape index (κ2) is 3.15. The fraction of sp³-hybridized carbons (Fsp3) is 0.429. The normalized spacial score (nSPS) is 20.8. The first kappa shape index (κ1) is 8.21. The molecule has 2 heterocycles. The van der Waals surface area contributed by atoms with Crippen LogP contribution in [-0.2, 0) is 17.8 Å². The summed E-state index contributed by atoms with van der Waals surface area (Å²) in [6.07, 6.45) is 2.11. The number of aromatic amines is 1. The molecule has 6 heteroatoms. The predicted octanol–water partition coefficient (Wildman–Crippen LogP) is -1.07. The Bertz CT molecular complexity index is 322. The molecule has 0 fully saturated rings. The lowest BCUT2D eigenvalue weighted by molar-refractivity contribution is -0.131. The van der Waals surface area contributed by atoms with Crippen molar-refractivity contribution in [3.8, 4) is 0 Å². The minimum absolute atomic E-state index is 0.388. The monoisotopic (exact) mass is 182 g/mol. The van der Waals surface area contributed by atoms with Gasteiger partial charge in [0.2, 0.25) is 0 Å². The van der Waals surface area contributed by atoms with E-state index in [0.29, 0.717) is 13.0 Å². The van der Waals surface area contributed by atoms with Crippen molar-refractivity contribution in [1.82, 2.24) is 20.8 Å². The van der Waals surface area contributed by atoms with Crippen molar-refractivity contribution in [1.29, 1.82) is 0 Å². The topological polar surface area (TPSA) is 90.0 Å². The molecular formula is C7H10N4O2. The first-order valence-corrected chi connectivity index (χ1v) is 3.99. The molecule has 0 bridgehead atoms. The SMILES string of the molecule is O=C(NO)C1Cc2nc[nH]c2CN1. The number of nitrogens with zero attached hydrogens (tertiary/aromatic N) is 1. The number of amides is 1. The van der Waals surface area contributed by atoms with E-state index in [-0.39, 0.29) is 6.04 Å². The summed E-state index contributed by atoms with van der Waals surface area (Å²) < 4.78 is 0. The van der Waals surface area contributed by atoms with Gasteiger partial charge in [0, 0.05) is 13.0 Å². The van der Waals surface area contributed by atoms with Crippen molar-refractivity contribution in [3.05, 3.63) is 17.7 Å². The van der Waals surface area contributed by atoms with E-state index < -0.39 is 5.91 Å². The Morgan fingerprint density at radius 3 is 3.38 bits per heavy atom. The van der Waals surface area contributed by atoms with E-state index in [2.05, 4.69) is 15.3 Å². The number of hydroxylamine groups is 1. The van der Waals surface area contributed by atoms with E-state index in [9.17, 15) is 4.79 Å². The van der Waals surface area contributed by atoms with Crippen LogP contribution in [0, 0.1) is 0 Å². The van der Waals surface area contributed by atoms with Crippen molar-refractivity contribution >= 4 is 5.91 Å². The van der Waals surface area contributed by atoms with Gasteiger partial charge < -0.3 is 4.98 Å². The number of imidazole rings is 1. The van der Waals surface area contributed by atoms with Crippen LogP contribution in [0.4, 0.5) is 0 Å². The zero-order valence-corrected chi connectivity index (χ0v) is 6.87. The van der Waals surface area contributed by atoms with Crippen LogP contribution in [0.3, 0.4) is 0 Å². The highest BCUT2D eigenvalue weighted by Gasteiger charge is 2.25. The maximum absolute atomic E-state index is 11.0. The molecule has 4 N–H and O–H groups in total. The van der Waals surface area contributed by atoms with E-state index in [1.165, 1.54) is 0 Å². The van der Waals surface area contributed by atoms with Crippen LogP contribution < -0.4 is 10.8 Å². The lowest BCUT2D eigenvalue weighted by atomic mass is 10.1. The Balaban J connectivity index is 2.13. The summed E-state index contributed by atoms with van der Waals surface area (Å²) in [4.78, 5) is 18.1. The second-order valence-electron chi connectivity index (χ2n) is 2.94. The van der Waals surface area contributed by atoms with E-state index in [0.717, 1.165) is 11.4 Å². The van der Waals surface area contributed by atoms with Crippen LogP contribution in [0.1, 0.15) is 11.4 Å². The number of H-pyrrole nitrogens is 1. The highest BCUT2D eigenvalue weighted by Crippen LogP contribution is 2.11. The standard InChI is InChI=1S/C7H10N4O2/c12-7(11-13)5-1-4-6(2-8-5)10-3-9-4/h3,5,8,13H,1-2H2,(H,9,10)(H,11,12). The summed E-state index contributed by atoms with van der Waals surface area (Å²) in [5, 5.41) is 11.4. The zero-order valence-electron chi connectivity index (χ0n) is 6.87. The van der Waals surface area contributed by atoms with Gasteiger partial charge in [0.25, 0.3) is 5.91 Å². The first-order valence-electron chi connectivity index (χ1n) is 3.99. The molecule has 1 atom stereocenters.